The first-order chi connectivity index (χ1) is 18.0. The van der Waals surface area contributed by atoms with Gasteiger partial charge in [0, 0.05) is 53.6 Å². The van der Waals surface area contributed by atoms with E-state index in [0.29, 0.717) is 5.76 Å². The van der Waals surface area contributed by atoms with Gasteiger partial charge in [-0.2, -0.15) is 8.78 Å². The van der Waals surface area contributed by atoms with Crippen molar-refractivity contribution in [2.24, 2.45) is 0 Å². The van der Waals surface area contributed by atoms with Crippen molar-refractivity contribution >= 4 is 22.6 Å². The van der Waals surface area contributed by atoms with E-state index >= 15 is 0 Å². The largest absolute Gasteiger partial charge is 0.573 e. The fourth-order valence-corrected chi connectivity index (χ4v) is 4.19. The van der Waals surface area contributed by atoms with Crippen LogP contribution < -0.4 is 14.8 Å². The van der Waals surface area contributed by atoms with Gasteiger partial charge in [-0.15, -0.1) is 26.3 Å². The minimum absolute atomic E-state index is 0.109. The molecule has 0 aliphatic heterocycles. The lowest BCUT2D eigenvalue weighted by Gasteiger charge is -2.36. The molecule has 3 aromatic rings. The second kappa shape index (κ2) is 11.8. The Kier molecular flexibility index (Phi) is 9.37. The molecule has 214 valence electrons. The first-order valence-electron chi connectivity index (χ1n) is 11.1. The van der Waals surface area contributed by atoms with E-state index in [1.165, 1.54) is 30.3 Å². The third-order valence-corrected chi connectivity index (χ3v) is 6.26. The second-order valence-electron chi connectivity index (χ2n) is 8.53. The lowest BCUT2D eigenvalue weighted by Crippen LogP contribution is -2.46. The summed E-state index contributed by atoms with van der Waals surface area (Å²) in [7, 11) is 0. The van der Waals surface area contributed by atoms with E-state index < -0.39 is 46.2 Å². The zero-order valence-electron chi connectivity index (χ0n) is 19.9. The zero-order valence-corrected chi connectivity index (χ0v) is 22.1. The highest BCUT2D eigenvalue weighted by Gasteiger charge is 2.40. The summed E-state index contributed by atoms with van der Waals surface area (Å²) >= 11 is 0.749. The van der Waals surface area contributed by atoms with Crippen LogP contribution in [-0.4, -0.2) is 46.1 Å². The van der Waals surface area contributed by atoms with Crippen molar-refractivity contribution in [2.45, 2.75) is 41.5 Å². The van der Waals surface area contributed by atoms with Gasteiger partial charge >= 0.3 is 16.7 Å². The number of hydrogen-bond donors (Lipinski definition) is 2. The van der Waals surface area contributed by atoms with Crippen molar-refractivity contribution in [1.29, 1.82) is 0 Å². The number of aliphatic hydroxyl groups is 1. The molecule has 0 spiro atoms. The number of ether oxygens (including phenoxy) is 2. The summed E-state index contributed by atoms with van der Waals surface area (Å²) in [4.78, 5) is 0. The van der Waals surface area contributed by atoms with Gasteiger partial charge in [0.25, 0.3) is 0 Å². The molecule has 2 N–H and O–H groups in total. The van der Waals surface area contributed by atoms with Crippen LogP contribution in [0.1, 0.15) is 22.6 Å². The molecule has 6 nitrogen and oxygen atoms in total. The maximum Gasteiger partial charge on any atom is 0.573 e. The molecule has 0 amide bonds. The number of hydrogen-bond acceptors (Lipinski definition) is 6. The highest BCUT2D eigenvalue weighted by atomic mass is 127. The normalized spacial score (nSPS) is 13.8. The summed E-state index contributed by atoms with van der Waals surface area (Å²) in [5, 5.41) is 16.4. The van der Waals surface area contributed by atoms with Gasteiger partial charge in [-0.05, 0) is 42.3 Å². The zero-order chi connectivity index (χ0) is 29.1. The van der Waals surface area contributed by atoms with Gasteiger partial charge in [-0.1, -0.05) is 29.4 Å². The number of benzene rings is 2. The molecule has 0 aliphatic rings. The lowest BCUT2D eigenvalue weighted by molar-refractivity contribution is -0.275. The first kappa shape index (κ1) is 30.9. The summed E-state index contributed by atoms with van der Waals surface area (Å²) in [6.45, 7) is 0.575. The van der Waals surface area contributed by atoms with Crippen LogP contribution in [0.25, 0.3) is 0 Å². The van der Waals surface area contributed by atoms with Crippen molar-refractivity contribution in [2.75, 3.05) is 13.1 Å². The maximum atomic E-state index is 13.6. The first-order valence-corrected chi connectivity index (χ1v) is 12.1. The van der Waals surface area contributed by atoms with Gasteiger partial charge in [0.15, 0.2) is 0 Å². The third kappa shape index (κ3) is 8.93. The predicted molar refractivity (Wildman–Crippen MR) is 130 cm³/mol. The van der Waals surface area contributed by atoms with Crippen molar-refractivity contribution in [3.8, 4) is 11.5 Å². The van der Waals surface area contributed by atoms with Crippen LogP contribution in [0.5, 0.6) is 11.5 Å². The van der Waals surface area contributed by atoms with Gasteiger partial charge in [-0.25, -0.2) is 0 Å². The SMILES string of the molecule is Cc1cc(CC(CNC[C@H](O)C(F)(F)I)(c2cccc(OC(F)(F)F)c2)c2cccc(OC(F)(F)F)c2)no1. The van der Waals surface area contributed by atoms with E-state index in [-0.39, 0.29) is 29.8 Å². The summed E-state index contributed by atoms with van der Waals surface area (Å²) in [5.41, 5.74) is -1.06. The molecule has 0 aliphatic carbocycles. The monoisotopic (exact) mass is 680 g/mol. The van der Waals surface area contributed by atoms with Crippen molar-refractivity contribution < 1.29 is 54.2 Å². The molecule has 0 bridgehead atoms. The predicted octanol–water partition coefficient (Wildman–Crippen LogP) is 6.29. The minimum Gasteiger partial charge on any atom is -0.406 e. The highest BCUT2D eigenvalue weighted by molar-refractivity contribution is 14.1. The Hall–Kier alpha value is -2.66. The minimum atomic E-state index is -5.04. The van der Waals surface area contributed by atoms with Crippen LogP contribution in [-0.2, 0) is 11.8 Å². The quantitative estimate of drug-likeness (QED) is 0.141. The van der Waals surface area contributed by atoms with Crippen LogP contribution in [0.4, 0.5) is 35.1 Å². The van der Waals surface area contributed by atoms with Gasteiger partial charge < -0.3 is 24.4 Å². The number of nitrogens with zero attached hydrogens (tertiary/aromatic N) is 1. The number of nitrogens with one attached hydrogen (secondary N) is 1. The van der Waals surface area contributed by atoms with Crippen LogP contribution in [0.2, 0.25) is 0 Å². The summed E-state index contributed by atoms with van der Waals surface area (Å²) in [6.07, 6.45) is -12.4. The Morgan fingerprint density at radius 2 is 1.41 bits per heavy atom. The second-order valence-corrected chi connectivity index (χ2v) is 9.97. The molecule has 3 rings (SSSR count). The number of aromatic nitrogens is 1. The molecule has 0 saturated heterocycles. The standard InChI is InChI=1S/C24H21F8IN2O4/c1-14-8-17(35-39-14)11-21(13-34-12-20(36)22(25,26)33,15-4-2-6-18(9-15)37-23(27,28)29)16-5-3-7-19(10-16)38-24(30,31)32/h2-10,20,34,36H,11-13H2,1H3/t20-/m0/s1. The van der Waals surface area contributed by atoms with Gasteiger partial charge in [0.1, 0.15) is 23.4 Å². The van der Waals surface area contributed by atoms with E-state index in [4.69, 9.17) is 4.52 Å². The molecule has 15 heteroatoms. The summed E-state index contributed by atoms with van der Waals surface area (Å²) in [6, 6.07) is 10.9. The van der Waals surface area contributed by atoms with Crippen molar-refractivity contribution in [3.63, 3.8) is 0 Å². The molecule has 1 heterocycles. The van der Waals surface area contributed by atoms with Crippen LogP contribution in [0, 0.1) is 6.92 Å². The average Bonchev–Trinajstić information content (AvgIpc) is 3.20. The van der Waals surface area contributed by atoms with E-state index in [9.17, 15) is 40.2 Å². The maximum absolute atomic E-state index is 13.6. The Morgan fingerprint density at radius 3 is 1.82 bits per heavy atom. The number of alkyl halides is 9. The lowest BCUT2D eigenvalue weighted by atomic mass is 9.71. The molecule has 1 atom stereocenters. The summed E-state index contributed by atoms with van der Waals surface area (Å²) in [5.74, 6) is -0.875. The average molecular weight is 680 g/mol. The fourth-order valence-electron chi connectivity index (χ4n) is 3.97. The highest BCUT2D eigenvalue weighted by Crippen LogP contribution is 2.40. The molecular weight excluding hydrogens is 659 g/mol. The smallest absolute Gasteiger partial charge is 0.406 e. The van der Waals surface area contributed by atoms with E-state index in [0.717, 1.165) is 46.9 Å². The van der Waals surface area contributed by atoms with E-state index in [1.807, 2.05) is 0 Å². The van der Waals surface area contributed by atoms with Crippen LogP contribution in [0.3, 0.4) is 0 Å². The molecule has 0 saturated carbocycles. The Labute approximate surface area is 230 Å². The molecule has 0 radical (unpaired) electrons. The fraction of sp³-hybridized carbons (Fsp3) is 0.375. The van der Waals surface area contributed by atoms with Crippen LogP contribution >= 0.6 is 22.6 Å². The molecule has 0 unspecified atom stereocenters. The molecule has 0 fully saturated rings. The van der Waals surface area contributed by atoms with E-state index in [2.05, 4.69) is 19.9 Å². The number of halogens is 9. The van der Waals surface area contributed by atoms with Gasteiger partial charge in [-0.3, -0.25) is 0 Å². The molecular formula is C24H21F8IN2O4. The molecule has 39 heavy (non-hydrogen) atoms. The topological polar surface area (TPSA) is 76.8 Å². The Balaban J connectivity index is 2.18. The van der Waals surface area contributed by atoms with Crippen molar-refractivity contribution in [1.82, 2.24) is 10.5 Å². The van der Waals surface area contributed by atoms with Gasteiger partial charge in [0.05, 0.1) is 5.69 Å². The number of aryl methyl sites for hydroxylation is 1. The molecule has 1 aromatic heterocycles. The number of aliphatic hydroxyl groups excluding tert-OH is 1. The summed E-state index contributed by atoms with van der Waals surface area (Å²) < 4.78 is 115. The Bertz CT molecular complexity index is 1180. The molecule has 2 aromatic carbocycles. The Morgan fingerprint density at radius 1 is 0.897 bits per heavy atom. The van der Waals surface area contributed by atoms with Crippen LogP contribution in [0.15, 0.2) is 59.1 Å². The van der Waals surface area contributed by atoms with E-state index in [1.54, 1.807) is 6.92 Å². The third-order valence-electron chi connectivity index (χ3n) is 5.54. The number of rotatable bonds is 11. The van der Waals surface area contributed by atoms with Gasteiger partial charge in [0.2, 0.25) is 0 Å². The van der Waals surface area contributed by atoms with Crippen molar-refractivity contribution in [3.05, 3.63) is 77.2 Å².